The van der Waals surface area contributed by atoms with Crippen LogP contribution in [0.25, 0.3) is 0 Å². The fourth-order valence-electron chi connectivity index (χ4n) is 5.64. The summed E-state index contributed by atoms with van der Waals surface area (Å²) in [6, 6.07) is 14.3. The third-order valence-electron chi connectivity index (χ3n) is 7.64. The Bertz CT molecular complexity index is 1270. The second-order valence-electron chi connectivity index (χ2n) is 9.74. The topological polar surface area (TPSA) is 59.4 Å². The summed E-state index contributed by atoms with van der Waals surface area (Å²) in [5.41, 5.74) is 2.54. The molecule has 2 saturated carbocycles. The van der Waals surface area contributed by atoms with Crippen LogP contribution in [0.2, 0.25) is 5.02 Å². The molecule has 36 heavy (non-hydrogen) atoms. The molecule has 0 aromatic heterocycles. The predicted octanol–water partition coefficient (Wildman–Crippen LogP) is 6.59. The summed E-state index contributed by atoms with van der Waals surface area (Å²) in [4.78, 5) is 17.5. The Hall–Kier alpha value is -3.56. The average Bonchev–Trinajstić information content (AvgIpc) is 3.67. The van der Waals surface area contributed by atoms with Crippen LogP contribution >= 0.6 is 11.6 Å². The maximum absolute atomic E-state index is 13.6. The smallest absolute Gasteiger partial charge is 0.322 e. The molecule has 3 aliphatic rings. The molecule has 3 atom stereocenters. The van der Waals surface area contributed by atoms with Crippen LogP contribution in [-0.4, -0.2) is 35.0 Å². The first-order chi connectivity index (χ1) is 17.5. The van der Waals surface area contributed by atoms with E-state index >= 15 is 0 Å². The van der Waals surface area contributed by atoms with E-state index in [1.807, 2.05) is 59.8 Å². The Labute approximate surface area is 216 Å². The van der Waals surface area contributed by atoms with E-state index in [1.54, 1.807) is 0 Å². The second-order valence-corrected chi connectivity index (χ2v) is 10.1. The van der Waals surface area contributed by atoms with E-state index in [1.165, 1.54) is 23.8 Å². The summed E-state index contributed by atoms with van der Waals surface area (Å²) in [5, 5.41) is 12.2. The lowest BCUT2D eigenvalue weighted by Gasteiger charge is -2.37. The SMILES string of the molecule is N#Cc1cccc([C@]23CCC(N(CCN4C=CC=CC=C4)C(=O)Nc4ccc(F)c(Cl)c4)CC2C3)c1. The van der Waals surface area contributed by atoms with Gasteiger partial charge in [0.15, 0.2) is 0 Å². The number of halogens is 2. The van der Waals surface area contributed by atoms with Crippen molar-refractivity contribution in [2.45, 2.75) is 37.1 Å². The molecular formula is C29H28ClFN4O. The quantitative estimate of drug-likeness (QED) is 0.484. The van der Waals surface area contributed by atoms with E-state index in [9.17, 15) is 14.4 Å². The first kappa shape index (κ1) is 24.1. The number of carbonyl (C=O) groups is 1. The molecular weight excluding hydrogens is 475 g/mol. The Kier molecular flexibility index (Phi) is 6.84. The number of allylic oxidation sites excluding steroid dienone is 4. The van der Waals surface area contributed by atoms with E-state index < -0.39 is 5.82 Å². The standard InChI is InChI=1S/C29H28ClFN4O/c30-26-18-24(8-9-27(26)31)33-28(36)35(15-14-34-12-3-1-2-4-13-34)25-10-11-29(19-23(29)17-25)22-7-5-6-21(16-22)20-32/h1-9,12-13,16,18,23,25H,10-11,14-15,17,19H2,(H,33,36)/t23?,25?,29-/m1/s1. The van der Waals surface area contributed by atoms with Crippen molar-refractivity contribution in [3.05, 3.63) is 101 Å². The zero-order valence-electron chi connectivity index (χ0n) is 19.9. The molecule has 0 spiro atoms. The van der Waals surface area contributed by atoms with E-state index in [0.29, 0.717) is 30.3 Å². The molecule has 2 fully saturated rings. The first-order valence-corrected chi connectivity index (χ1v) is 12.7. The number of carbonyl (C=O) groups excluding carboxylic acids is 1. The monoisotopic (exact) mass is 502 g/mol. The van der Waals surface area contributed by atoms with Gasteiger partial charge in [-0.25, -0.2) is 9.18 Å². The maximum Gasteiger partial charge on any atom is 0.322 e. The minimum Gasteiger partial charge on any atom is -0.352 e. The molecule has 2 aromatic carbocycles. The van der Waals surface area contributed by atoms with Crippen LogP contribution in [0.5, 0.6) is 0 Å². The van der Waals surface area contributed by atoms with E-state index in [2.05, 4.69) is 22.4 Å². The van der Waals surface area contributed by atoms with E-state index in [0.717, 1.165) is 25.7 Å². The second kappa shape index (κ2) is 10.2. The number of hydrogen-bond donors (Lipinski definition) is 1. The van der Waals surface area contributed by atoms with Crippen LogP contribution in [0.4, 0.5) is 14.9 Å². The van der Waals surface area contributed by atoms with Crippen molar-refractivity contribution >= 4 is 23.3 Å². The Morgan fingerprint density at radius 2 is 2.00 bits per heavy atom. The highest BCUT2D eigenvalue weighted by Crippen LogP contribution is 2.62. The van der Waals surface area contributed by atoms with Crippen molar-refractivity contribution in [3.8, 4) is 6.07 Å². The summed E-state index contributed by atoms with van der Waals surface area (Å²) in [7, 11) is 0. The molecule has 7 heteroatoms. The van der Waals surface area contributed by atoms with Gasteiger partial charge in [0.1, 0.15) is 5.82 Å². The molecule has 1 aliphatic heterocycles. The fourth-order valence-corrected chi connectivity index (χ4v) is 5.82. The third-order valence-corrected chi connectivity index (χ3v) is 7.93. The van der Waals surface area contributed by atoms with Crippen LogP contribution in [0, 0.1) is 23.1 Å². The van der Waals surface area contributed by atoms with Gasteiger partial charge in [0.2, 0.25) is 0 Å². The Balaban J connectivity index is 1.31. The highest BCUT2D eigenvalue weighted by molar-refractivity contribution is 6.31. The molecule has 2 amide bonds. The number of nitriles is 1. The Morgan fingerprint density at radius 1 is 1.19 bits per heavy atom. The molecule has 0 saturated heterocycles. The number of amides is 2. The number of fused-ring (bicyclic) bond motifs is 1. The van der Waals surface area contributed by atoms with Gasteiger partial charge in [0, 0.05) is 37.2 Å². The largest absolute Gasteiger partial charge is 0.352 e. The van der Waals surface area contributed by atoms with Gasteiger partial charge in [-0.15, -0.1) is 0 Å². The van der Waals surface area contributed by atoms with Crippen LogP contribution in [0.15, 0.2) is 79.2 Å². The van der Waals surface area contributed by atoms with Crippen LogP contribution in [0.1, 0.15) is 36.8 Å². The van der Waals surface area contributed by atoms with Crippen molar-refractivity contribution in [2.75, 3.05) is 18.4 Å². The molecule has 1 N–H and O–H groups in total. The number of nitrogens with zero attached hydrogens (tertiary/aromatic N) is 3. The lowest BCUT2D eigenvalue weighted by atomic mass is 9.80. The number of benzene rings is 2. The van der Waals surface area contributed by atoms with E-state index in [-0.39, 0.29) is 22.5 Å². The molecule has 2 aliphatic carbocycles. The predicted molar refractivity (Wildman–Crippen MR) is 140 cm³/mol. The number of rotatable bonds is 6. The molecule has 5 rings (SSSR count). The van der Waals surface area contributed by atoms with Crippen LogP contribution in [0.3, 0.4) is 0 Å². The number of nitrogens with one attached hydrogen (secondary N) is 1. The van der Waals surface area contributed by atoms with Crippen LogP contribution < -0.4 is 5.32 Å². The first-order valence-electron chi connectivity index (χ1n) is 12.3. The molecule has 5 nitrogen and oxygen atoms in total. The minimum atomic E-state index is -0.516. The van der Waals surface area contributed by atoms with Crippen LogP contribution in [-0.2, 0) is 5.41 Å². The maximum atomic E-state index is 13.6. The molecule has 0 radical (unpaired) electrons. The Morgan fingerprint density at radius 3 is 2.72 bits per heavy atom. The number of urea groups is 1. The molecule has 2 aromatic rings. The van der Waals surface area contributed by atoms with Gasteiger partial charge in [-0.05, 0) is 85.1 Å². The van der Waals surface area contributed by atoms with Crippen molar-refractivity contribution in [2.24, 2.45) is 5.92 Å². The summed E-state index contributed by atoms with van der Waals surface area (Å²) < 4.78 is 13.6. The third kappa shape index (κ3) is 5.03. The van der Waals surface area contributed by atoms with E-state index in [4.69, 9.17) is 11.6 Å². The highest BCUT2D eigenvalue weighted by atomic mass is 35.5. The average molecular weight is 503 g/mol. The van der Waals surface area contributed by atoms with Crippen molar-refractivity contribution in [1.29, 1.82) is 5.26 Å². The molecule has 184 valence electrons. The molecule has 0 bridgehead atoms. The van der Waals surface area contributed by atoms with Gasteiger partial charge in [0.25, 0.3) is 0 Å². The summed E-state index contributed by atoms with van der Waals surface area (Å²) in [6.45, 7) is 1.20. The lowest BCUT2D eigenvalue weighted by molar-refractivity contribution is 0.156. The fraction of sp³-hybridized carbons (Fsp3) is 0.310. The van der Waals surface area contributed by atoms with Gasteiger partial charge in [-0.2, -0.15) is 5.26 Å². The zero-order chi connectivity index (χ0) is 25.1. The molecule has 2 unspecified atom stereocenters. The summed E-state index contributed by atoms with van der Waals surface area (Å²) in [5.74, 6) is -0.0272. The van der Waals surface area contributed by atoms with Gasteiger partial charge in [0.05, 0.1) is 16.7 Å². The minimum absolute atomic E-state index is 0.0216. The van der Waals surface area contributed by atoms with Gasteiger partial charge < -0.3 is 15.1 Å². The summed E-state index contributed by atoms with van der Waals surface area (Å²) >= 11 is 5.94. The van der Waals surface area contributed by atoms with Crippen molar-refractivity contribution < 1.29 is 9.18 Å². The number of anilines is 1. The van der Waals surface area contributed by atoms with Gasteiger partial charge in [-0.1, -0.05) is 35.9 Å². The number of hydrogen-bond acceptors (Lipinski definition) is 3. The lowest BCUT2D eigenvalue weighted by Crippen LogP contribution is -2.47. The molecule has 1 heterocycles. The van der Waals surface area contributed by atoms with Crippen molar-refractivity contribution in [3.63, 3.8) is 0 Å². The highest BCUT2D eigenvalue weighted by Gasteiger charge is 2.58. The van der Waals surface area contributed by atoms with Crippen molar-refractivity contribution in [1.82, 2.24) is 9.80 Å². The van der Waals surface area contributed by atoms with Gasteiger partial charge >= 0.3 is 6.03 Å². The summed E-state index contributed by atoms with van der Waals surface area (Å²) in [6.07, 6.45) is 15.7. The van der Waals surface area contributed by atoms with Gasteiger partial charge in [-0.3, -0.25) is 0 Å². The normalized spacial score (nSPS) is 24.0. The zero-order valence-corrected chi connectivity index (χ0v) is 20.7.